The van der Waals surface area contributed by atoms with Gasteiger partial charge in [0.1, 0.15) is 21.7 Å². The summed E-state index contributed by atoms with van der Waals surface area (Å²) in [6.07, 6.45) is 4.44. The highest BCUT2D eigenvalue weighted by Gasteiger charge is 2.35. The first-order valence-corrected chi connectivity index (χ1v) is 14.0. The number of benzene rings is 1. The number of carbonyl (C=O) groups excluding carboxylic acids is 1. The number of aromatic nitrogens is 2. The second kappa shape index (κ2) is 10.2. The van der Waals surface area contributed by atoms with Crippen LogP contribution in [0.25, 0.3) is 22.0 Å². The van der Waals surface area contributed by atoms with Gasteiger partial charge in [-0.15, -0.1) is 0 Å². The Morgan fingerprint density at radius 1 is 1.11 bits per heavy atom. The predicted octanol–water partition coefficient (Wildman–Crippen LogP) is 4.01. The van der Waals surface area contributed by atoms with E-state index in [1.54, 1.807) is 24.1 Å². The molecule has 0 aliphatic carbocycles. The van der Waals surface area contributed by atoms with Crippen molar-refractivity contribution in [3.63, 3.8) is 0 Å². The number of sulfone groups is 1. The summed E-state index contributed by atoms with van der Waals surface area (Å²) in [5.74, 6) is 0.422. The highest BCUT2D eigenvalue weighted by molar-refractivity contribution is 7.91. The summed E-state index contributed by atoms with van der Waals surface area (Å²) in [4.78, 5) is 23.2. The molecular weight excluding hydrogens is 504 g/mol. The monoisotopic (exact) mass is 531 g/mol. The van der Waals surface area contributed by atoms with Crippen LogP contribution < -0.4 is 9.47 Å². The molecule has 0 radical (unpaired) electrons. The molecular formula is C26H27F2N3O5S. The van der Waals surface area contributed by atoms with Crippen LogP contribution in [-0.2, 0) is 14.6 Å². The van der Waals surface area contributed by atoms with Crippen LogP contribution in [0.5, 0.6) is 11.6 Å². The number of alkyl halides is 2. The molecule has 2 aliphatic heterocycles. The van der Waals surface area contributed by atoms with Crippen LogP contribution in [0.1, 0.15) is 24.8 Å². The third kappa shape index (κ3) is 5.66. The van der Waals surface area contributed by atoms with Gasteiger partial charge in [0.25, 0.3) is 0 Å². The van der Waals surface area contributed by atoms with Crippen molar-refractivity contribution in [1.82, 2.24) is 14.9 Å². The van der Waals surface area contributed by atoms with Crippen molar-refractivity contribution >= 4 is 26.6 Å². The summed E-state index contributed by atoms with van der Waals surface area (Å²) >= 11 is 0. The molecule has 0 unspecified atom stereocenters. The van der Waals surface area contributed by atoms with Crippen molar-refractivity contribution in [2.75, 3.05) is 24.6 Å². The van der Waals surface area contributed by atoms with Crippen LogP contribution in [0.4, 0.5) is 8.78 Å². The van der Waals surface area contributed by atoms with Crippen molar-refractivity contribution in [2.24, 2.45) is 5.92 Å². The lowest BCUT2D eigenvalue weighted by molar-refractivity contribution is -0.135. The fourth-order valence-corrected chi connectivity index (χ4v) is 6.47. The van der Waals surface area contributed by atoms with Crippen molar-refractivity contribution in [3.8, 4) is 22.8 Å². The van der Waals surface area contributed by atoms with E-state index in [1.165, 1.54) is 6.20 Å². The molecule has 1 aromatic carbocycles. The number of amides is 1. The summed E-state index contributed by atoms with van der Waals surface area (Å²) in [5.41, 5.74) is 2.79. The zero-order chi connectivity index (χ0) is 26.2. The molecule has 196 valence electrons. The van der Waals surface area contributed by atoms with Gasteiger partial charge in [0.15, 0.2) is 0 Å². The number of ether oxygens (including phenoxy) is 2. The minimum absolute atomic E-state index is 0.00753. The second-order valence-electron chi connectivity index (χ2n) is 9.50. The molecule has 0 N–H and O–H groups in total. The van der Waals surface area contributed by atoms with Gasteiger partial charge in [-0.1, -0.05) is 0 Å². The SMILES string of the molecule is Cc1cc(-c2ccnc3ccc(O[C@H]4CCN(C(=O)C5CCS(=O)(=O)CC5)C4)cc23)cnc1OC(F)F. The van der Waals surface area contributed by atoms with Crippen LogP contribution in [0.3, 0.4) is 0 Å². The highest BCUT2D eigenvalue weighted by atomic mass is 32.2. The summed E-state index contributed by atoms with van der Waals surface area (Å²) in [6, 6.07) is 9.13. The van der Waals surface area contributed by atoms with Crippen LogP contribution in [0, 0.1) is 12.8 Å². The van der Waals surface area contributed by atoms with Gasteiger partial charge in [0.05, 0.1) is 23.6 Å². The molecule has 0 bridgehead atoms. The van der Waals surface area contributed by atoms with Crippen molar-refractivity contribution in [1.29, 1.82) is 0 Å². The number of aryl methyl sites for hydroxylation is 1. The van der Waals surface area contributed by atoms with E-state index >= 15 is 0 Å². The molecule has 11 heteroatoms. The molecule has 1 atom stereocenters. The number of fused-ring (bicyclic) bond motifs is 1. The first-order valence-electron chi connectivity index (χ1n) is 12.1. The van der Waals surface area contributed by atoms with E-state index in [2.05, 4.69) is 14.7 Å². The van der Waals surface area contributed by atoms with E-state index in [0.717, 1.165) is 22.0 Å². The summed E-state index contributed by atoms with van der Waals surface area (Å²) in [6.45, 7) is -0.259. The first kappa shape index (κ1) is 25.3. The molecule has 1 amide bonds. The molecule has 0 spiro atoms. The molecule has 0 saturated carbocycles. The van der Waals surface area contributed by atoms with Crippen LogP contribution in [0.15, 0.2) is 42.7 Å². The summed E-state index contributed by atoms with van der Waals surface area (Å²) < 4.78 is 59.3. The first-order chi connectivity index (χ1) is 17.7. The minimum Gasteiger partial charge on any atom is -0.488 e. The molecule has 2 fully saturated rings. The average molecular weight is 532 g/mol. The van der Waals surface area contributed by atoms with Gasteiger partial charge in [-0.25, -0.2) is 13.4 Å². The average Bonchev–Trinajstić information content (AvgIpc) is 3.33. The third-order valence-electron chi connectivity index (χ3n) is 6.92. The number of rotatable bonds is 6. The number of carbonyl (C=O) groups is 1. The predicted molar refractivity (Wildman–Crippen MR) is 133 cm³/mol. The fourth-order valence-electron chi connectivity index (χ4n) is 4.98. The van der Waals surface area contributed by atoms with Crippen molar-refractivity contribution in [3.05, 3.63) is 48.3 Å². The largest absolute Gasteiger partial charge is 0.488 e. The number of nitrogens with zero attached hydrogens (tertiary/aromatic N) is 3. The summed E-state index contributed by atoms with van der Waals surface area (Å²) in [7, 11) is -3.02. The van der Waals surface area contributed by atoms with E-state index in [9.17, 15) is 22.0 Å². The van der Waals surface area contributed by atoms with Crippen molar-refractivity contribution < 1.29 is 31.5 Å². The Morgan fingerprint density at radius 2 is 1.89 bits per heavy atom. The van der Waals surface area contributed by atoms with Crippen LogP contribution in [-0.4, -0.2) is 66.5 Å². The quantitative estimate of drug-likeness (QED) is 0.474. The van der Waals surface area contributed by atoms with Crippen LogP contribution >= 0.6 is 0 Å². The minimum atomic E-state index is -3.02. The van der Waals surface area contributed by atoms with E-state index in [0.29, 0.717) is 43.7 Å². The maximum Gasteiger partial charge on any atom is 0.388 e. The van der Waals surface area contributed by atoms with Gasteiger partial charge < -0.3 is 14.4 Å². The van der Waals surface area contributed by atoms with E-state index in [1.807, 2.05) is 24.3 Å². The Kier molecular flexibility index (Phi) is 6.98. The third-order valence-corrected chi connectivity index (χ3v) is 8.63. The fraction of sp³-hybridized carbons (Fsp3) is 0.423. The standard InChI is InChI=1S/C26H27F2N3O5S/c1-16-12-18(14-30-24(16)36-26(27)28)21-4-8-29-23-3-2-19(13-22(21)23)35-20-5-9-31(15-20)25(32)17-6-10-37(33,34)11-7-17/h2-4,8,12-14,17,20,26H,5-7,9-11,15H2,1H3/t20-/m0/s1. The Bertz CT molecular complexity index is 1420. The Hall–Kier alpha value is -3.34. The lowest BCUT2D eigenvalue weighted by Crippen LogP contribution is -2.39. The maximum atomic E-state index is 12.9. The van der Waals surface area contributed by atoms with Gasteiger partial charge in [0.2, 0.25) is 11.8 Å². The van der Waals surface area contributed by atoms with E-state index in [-0.39, 0.29) is 35.3 Å². The molecule has 3 aromatic rings. The topological polar surface area (TPSA) is 98.7 Å². The maximum absolute atomic E-state index is 12.9. The highest BCUT2D eigenvalue weighted by Crippen LogP contribution is 2.33. The second-order valence-corrected chi connectivity index (χ2v) is 11.8. The number of halogens is 2. The molecule has 8 nitrogen and oxygen atoms in total. The van der Waals surface area contributed by atoms with Crippen LogP contribution in [0.2, 0.25) is 0 Å². The van der Waals surface area contributed by atoms with Gasteiger partial charge in [-0.2, -0.15) is 8.78 Å². The molecule has 2 aromatic heterocycles. The van der Waals surface area contributed by atoms with E-state index in [4.69, 9.17) is 4.74 Å². The number of pyridine rings is 2. The number of hydrogen-bond acceptors (Lipinski definition) is 7. The molecule has 5 rings (SSSR count). The van der Waals surface area contributed by atoms with Gasteiger partial charge in [0, 0.05) is 47.8 Å². The van der Waals surface area contributed by atoms with E-state index < -0.39 is 16.4 Å². The normalized spacial score (nSPS) is 19.9. The zero-order valence-electron chi connectivity index (χ0n) is 20.3. The number of hydrogen-bond donors (Lipinski definition) is 0. The smallest absolute Gasteiger partial charge is 0.388 e. The van der Waals surface area contributed by atoms with Gasteiger partial charge in [-0.3, -0.25) is 9.78 Å². The van der Waals surface area contributed by atoms with Crippen molar-refractivity contribution in [2.45, 2.75) is 38.9 Å². The van der Waals surface area contributed by atoms with Gasteiger partial charge in [-0.05, 0) is 55.7 Å². The summed E-state index contributed by atoms with van der Waals surface area (Å²) in [5, 5.41) is 0.818. The molecule has 4 heterocycles. The number of likely N-dealkylation sites (tertiary alicyclic amines) is 1. The zero-order valence-corrected chi connectivity index (χ0v) is 21.1. The molecule has 2 saturated heterocycles. The molecule has 37 heavy (non-hydrogen) atoms. The Labute approximate surface area is 213 Å². The Morgan fingerprint density at radius 3 is 2.62 bits per heavy atom. The van der Waals surface area contributed by atoms with Gasteiger partial charge >= 0.3 is 6.61 Å². The lowest BCUT2D eigenvalue weighted by Gasteiger charge is -2.26. The molecule has 2 aliphatic rings. The lowest BCUT2D eigenvalue weighted by atomic mass is 10.0. The Balaban J connectivity index is 1.30.